The van der Waals surface area contributed by atoms with Crippen molar-refractivity contribution in [2.45, 2.75) is 39.0 Å². The largest absolute Gasteiger partial charge is 1.00 e. The third-order valence-electron chi connectivity index (χ3n) is 4.96. The van der Waals surface area contributed by atoms with Gasteiger partial charge in [0.1, 0.15) is 0 Å². The fraction of sp³-hybridized carbons (Fsp3) is 0.273. The van der Waals surface area contributed by atoms with Crippen molar-refractivity contribution < 1.29 is 44.0 Å². The summed E-state index contributed by atoms with van der Waals surface area (Å²) in [6, 6.07) is 15.9. The minimum Gasteiger partial charge on any atom is -1.00 e. The van der Waals surface area contributed by atoms with E-state index >= 15 is 0 Å². The monoisotopic (exact) mass is 404 g/mol. The van der Waals surface area contributed by atoms with Crippen molar-refractivity contribution in [1.82, 2.24) is 0 Å². The fourth-order valence-corrected chi connectivity index (χ4v) is 6.01. The van der Waals surface area contributed by atoms with Crippen molar-refractivity contribution >= 4 is 3.87 Å². The summed E-state index contributed by atoms with van der Waals surface area (Å²) in [5.74, 6) is 0. The first-order valence-corrected chi connectivity index (χ1v) is 10.3. The van der Waals surface area contributed by atoms with Gasteiger partial charge in [0, 0.05) is 0 Å². The van der Waals surface area contributed by atoms with Gasteiger partial charge in [0.2, 0.25) is 0 Å². The molecule has 2 aromatic carbocycles. The second-order valence-electron chi connectivity index (χ2n) is 6.50. The van der Waals surface area contributed by atoms with E-state index in [1.54, 1.807) is 18.9 Å². The molecule has 25 heavy (non-hydrogen) atoms. The van der Waals surface area contributed by atoms with E-state index in [1.165, 1.54) is 42.4 Å². The van der Waals surface area contributed by atoms with Gasteiger partial charge in [-0.25, -0.2) is 0 Å². The van der Waals surface area contributed by atoms with Crippen LogP contribution in [0.4, 0.5) is 0 Å². The maximum Gasteiger partial charge on any atom is -1.00 e. The van der Waals surface area contributed by atoms with Crippen LogP contribution in [0, 0.1) is 0 Å². The number of halogens is 2. The number of fused-ring (bicyclic) bond motifs is 3. The average molecular weight is 405 g/mol. The summed E-state index contributed by atoms with van der Waals surface area (Å²) in [5.41, 5.74) is 7.72. The molecule has 0 heterocycles. The summed E-state index contributed by atoms with van der Waals surface area (Å²) in [5, 5.41) is 0. The van der Waals surface area contributed by atoms with E-state index in [0.29, 0.717) is 0 Å². The molecule has 0 spiro atoms. The zero-order valence-corrected chi connectivity index (χ0v) is 17.6. The molecule has 0 nitrogen and oxygen atoms in total. The number of rotatable bonds is 5. The standard InChI is InChI=1S/C13H9.C9H13.2ClH.Ti/c1-3-7-12-10(5-1)9-11-6-2-4-8-13(11)12;1-2-3-6-9-7-4-5-8-9;;;/h1-5,7-8H,9H2;4,7H,2-3,5-6H2,1H3;2*1H;/q;;;;+2/p-2. The van der Waals surface area contributed by atoms with Crippen molar-refractivity contribution in [3.05, 3.63) is 75.2 Å². The van der Waals surface area contributed by atoms with E-state index in [9.17, 15) is 0 Å². The quantitative estimate of drug-likeness (QED) is 0.497. The molecule has 0 radical (unpaired) electrons. The molecule has 4 rings (SSSR count). The Bertz CT molecular complexity index is 805. The van der Waals surface area contributed by atoms with Gasteiger partial charge in [-0.05, 0) is 0 Å². The van der Waals surface area contributed by atoms with E-state index in [0.717, 1.165) is 6.42 Å². The molecule has 2 aliphatic carbocycles. The summed E-state index contributed by atoms with van der Waals surface area (Å²) in [6.45, 7) is 2.29. The molecule has 3 heteroatoms. The van der Waals surface area contributed by atoms with Crippen LogP contribution in [0.3, 0.4) is 0 Å². The Hall–Kier alpha value is -0.786. The molecule has 0 bridgehead atoms. The summed E-state index contributed by atoms with van der Waals surface area (Å²) >= 11 is -0.184. The Balaban J connectivity index is 0.00000113. The topological polar surface area (TPSA) is 0 Å². The Labute approximate surface area is 172 Å². The molecule has 2 aromatic rings. The van der Waals surface area contributed by atoms with E-state index in [-0.39, 0.29) is 44.0 Å². The maximum atomic E-state index is 2.40. The molecule has 0 aliphatic heterocycles. The van der Waals surface area contributed by atoms with Crippen LogP contribution in [0.5, 0.6) is 0 Å². The number of unbranched alkanes of at least 4 members (excludes halogenated alkanes) is 1. The molecule has 128 valence electrons. The first-order valence-electron chi connectivity index (χ1n) is 8.72. The van der Waals surface area contributed by atoms with Crippen molar-refractivity contribution in [2.24, 2.45) is 0 Å². The normalized spacial score (nSPS) is 13.6. The number of benzene rings is 2. The zero-order chi connectivity index (χ0) is 15.6. The average Bonchev–Trinajstić information content (AvgIpc) is 3.18. The van der Waals surface area contributed by atoms with Gasteiger partial charge >= 0.3 is 148 Å². The molecule has 0 N–H and O–H groups in total. The first-order chi connectivity index (χ1) is 11.4. The maximum absolute atomic E-state index is 2.40. The van der Waals surface area contributed by atoms with E-state index < -0.39 is 0 Å². The van der Waals surface area contributed by atoms with Gasteiger partial charge < -0.3 is 24.8 Å². The predicted molar refractivity (Wildman–Crippen MR) is 94.6 cm³/mol. The molecule has 0 amide bonds. The van der Waals surface area contributed by atoms with Crippen molar-refractivity contribution in [3.8, 4) is 11.1 Å². The second kappa shape index (κ2) is 9.24. The SMILES string of the molecule is CCCCC1=[C]([Ti+2][c]2cccc3c2Cc2ccccc2-3)CC=C1.[Cl-].[Cl-]. The van der Waals surface area contributed by atoms with Gasteiger partial charge in [-0.15, -0.1) is 0 Å². The number of allylic oxidation sites excluding steroid dienone is 4. The van der Waals surface area contributed by atoms with E-state index in [1.807, 2.05) is 0 Å². The van der Waals surface area contributed by atoms with Crippen molar-refractivity contribution in [3.63, 3.8) is 0 Å². The summed E-state index contributed by atoms with van der Waals surface area (Å²) in [6.07, 6.45) is 11.0. The van der Waals surface area contributed by atoms with Crippen LogP contribution in [-0.2, 0) is 25.6 Å². The summed E-state index contributed by atoms with van der Waals surface area (Å²) in [4.78, 5) is 0. The van der Waals surface area contributed by atoms with Gasteiger partial charge in [-0.3, -0.25) is 0 Å². The Morgan fingerprint density at radius 2 is 1.76 bits per heavy atom. The van der Waals surface area contributed by atoms with Crippen LogP contribution < -0.4 is 28.7 Å². The van der Waals surface area contributed by atoms with Crippen LogP contribution in [0.25, 0.3) is 11.1 Å². The Morgan fingerprint density at radius 1 is 0.960 bits per heavy atom. The number of hydrogen-bond acceptors (Lipinski definition) is 0. The molecular formula is C22H22Cl2Ti. The van der Waals surface area contributed by atoms with Crippen LogP contribution in [0.15, 0.2) is 64.1 Å². The third kappa shape index (κ3) is 4.14. The van der Waals surface area contributed by atoms with Crippen LogP contribution in [-0.4, -0.2) is 0 Å². The van der Waals surface area contributed by atoms with Gasteiger partial charge in [0.25, 0.3) is 0 Å². The van der Waals surface area contributed by atoms with Gasteiger partial charge in [-0.2, -0.15) is 0 Å². The predicted octanol–water partition coefficient (Wildman–Crippen LogP) is -0.622. The molecule has 0 atom stereocenters. The Morgan fingerprint density at radius 3 is 2.60 bits per heavy atom. The fourth-order valence-electron chi connectivity index (χ4n) is 3.72. The van der Waals surface area contributed by atoms with Gasteiger partial charge in [-0.1, -0.05) is 0 Å². The minimum atomic E-state index is -0.184. The van der Waals surface area contributed by atoms with Crippen LogP contribution in [0.2, 0.25) is 0 Å². The van der Waals surface area contributed by atoms with Crippen LogP contribution in [0.1, 0.15) is 43.7 Å². The molecular weight excluding hydrogens is 383 g/mol. The molecule has 2 aliphatic rings. The van der Waals surface area contributed by atoms with Gasteiger partial charge in [0.05, 0.1) is 0 Å². The third-order valence-corrected chi connectivity index (χ3v) is 7.41. The van der Waals surface area contributed by atoms with E-state index in [4.69, 9.17) is 0 Å². The minimum absolute atomic E-state index is 0. The summed E-state index contributed by atoms with van der Waals surface area (Å²) in [7, 11) is 0. The zero-order valence-electron chi connectivity index (χ0n) is 14.5. The summed E-state index contributed by atoms with van der Waals surface area (Å²) < 4.78 is 3.43. The van der Waals surface area contributed by atoms with Crippen molar-refractivity contribution in [2.75, 3.05) is 0 Å². The van der Waals surface area contributed by atoms with Crippen LogP contribution >= 0.6 is 0 Å². The smallest absolute Gasteiger partial charge is 1.00 e. The number of hydrogen-bond donors (Lipinski definition) is 0. The molecule has 0 aromatic heterocycles. The Kier molecular flexibility index (Phi) is 7.58. The molecule has 0 fully saturated rings. The van der Waals surface area contributed by atoms with E-state index in [2.05, 4.69) is 61.5 Å². The molecule has 0 unspecified atom stereocenters. The molecule has 0 saturated heterocycles. The van der Waals surface area contributed by atoms with Crippen molar-refractivity contribution in [1.29, 1.82) is 0 Å². The first kappa shape index (κ1) is 20.5. The molecule has 0 saturated carbocycles. The van der Waals surface area contributed by atoms with Gasteiger partial charge in [0.15, 0.2) is 0 Å². The second-order valence-corrected chi connectivity index (χ2v) is 8.68.